The number of hydrogen-bond acceptors (Lipinski definition) is 3. The first-order valence-electron chi connectivity index (χ1n) is 10.7. The van der Waals surface area contributed by atoms with Crippen LogP contribution in [0.15, 0.2) is 48.5 Å². The number of para-hydroxylation sites is 1. The molecule has 0 saturated carbocycles. The second-order valence-electron chi connectivity index (χ2n) is 8.61. The van der Waals surface area contributed by atoms with Crippen molar-refractivity contribution >= 4 is 23.4 Å². The zero-order valence-electron chi connectivity index (χ0n) is 19.1. The van der Waals surface area contributed by atoms with Gasteiger partial charge in [-0.05, 0) is 42.0 Å². The highest BCUT2D eigenvalue weighted by atomic mass is 35.5. The fourth-order valence-corrected chi connectivity index (χ4v) is 3.42. The van der Waals surface area contributed by atoms with Crippen LogP contribution in [0.3, 0.4) is 0 Å². The summed E-state index contributed by atoms with van der Waals surface area (Å²) in [7, 11) is 0. The lowest BCUT2D eigenvalue weighted by Gasteiger charge is -2.29. The lowest BCUT2D eigenvalue weighted by Crippen LogP contribution is -2.49. The fraction of sp³-hybridized carbons (Fsp3) is 0.440. The molecule has 0 saturated heterocycles. The van der Waals surface area contributed by atoms with E-state index in [4.69, 9.17) is 16.3 Å². The van der Waals surface area contributed by atoms with Crippen LogP contribution in [-0.2, 0) is 21.5 Å². The first kappa shape index (κ1) is 24.7. The summed E-state index contributed by atoms with van der Waals surface area (Å²) in [4.78, 5) is 27.3. The SMILES string of the molecule is CCCNC(=O)C(C)N(Cc1ccccc1Cl)C(=O)COc1ccccc1C(C)(C)C. The van der Waals surface area contributed by atoms with Crippen molar-refractivity contribution in [2.45, 2.75) is 59.0 Å². The Bertz CT molecular complexity index is 892. The van der Waals surface area contributed by atoms with Crippen LogP contribution in [0.2, 0.25) is 5.02 Å². The average Bonchev–Trinajstić information content (AvgIpc) is 2.74. The van der Waals surface area contributed by atoms with Gasteiger partial charge in [-0.3, -0.25) is 9.59 Å². The molecular weight excluding hydrogens is 412 g/mol. The van der Waals surface area contributed by atoms with Gasteiger partial charge in [-0.1, -0.05) is 75.7 Å². The maximum Gasteiger partial charge on any atom is 0.261 e. The molecule has 0 spiro atoms. The lowest BCUT2D eigenvalue weighted by atomic mass is 9.86. The first-order chi connectivity index (χ1) is 14.6. The Morgan fingerprint density at radius 3 is 2.39 bits per heavy atom. The largest absolute Gasteiger partial charge is 0.483 e. The number of amides is 2. The van der Waals surface area contributed by atoms with E-state index in [1.54, 1.807) is 13.0 Å². The minimum atomic E-state index is -0.656. The highest BCUT2D eigenvalue weighted by Gasteiger charge is 2.27. The predicted octanol–water partition coefficient (Wildman–Crippen LogP) is 4.96. The van der Waals surface area contributed by atoms with E-state index in [0.717, 1.165) is 17.5 Å². The smallest absolute Gasteiger partial charge is 0.261 e. The molecule has 2 aromatic carbocycles. The molecule has 0 fully saturated rings. The number of nitrogens with one attached hydrogen (secondary N) is 1. The van der Waals surface area contributed by atoms with Crippen molar-refractivity contribution in [1.29, 1.82) is 0 Å². The Labute approximate surface area is 190 Å². The van der Waals surface area contributed by atoms with Gasteiger partial charge in [-0.2, -0.15) is 0 Å². The second kappa shape index (κ2) is 11.2. The number of ether oxygens (including phenoxy) is 1. The normalized spacial score (nSPS) is 12.2. The van der Waals surface area contributed by atoms with E-state index in [-0.39, 0.29) is 30.4 Å². The Hall–Kier alpha value is -2.53. The van der Waals surface area contributed by atoms with Gasteiger partial charge in [0, 0.05) is 18.1 Å². The van der Waals surface area contributed by atoms with Crippen LogP contribution in [0.4, 0.5) is 0 Å². The number of carbonyl (C=O) groups excluding carboxylic acids is 2. The summed E-state index contributed by atoms with van der Waals surface area (Å²) in [6.07, 6.45) is 0.823. The Morgan fingerprint density at radius 1 is 1.10 bits per heavy atom. The van der Waals surface area contributed by atoms with Crippen molar-refractivity contribution < 1.29 is 14.3 Å². The first-order valence-corrected chi connectivity index (χ1v) is 11.1. The van der Waals surface area contributed by atoms with Gasteiger partial charge in [-0.25, -0.2) is 0 Å². The highest BCUT2D eigenvalue weighted by molar-refractivity contribution is 6.31. The molecule has 0 aliphatic rings. The Balaban J connectivity index is 2.22. The summed E-state index contributed by atoms with van der Waals surface area (Å²) >= 11 is 6.32. The third kappa shape index (κ3) is 7.00. The fourth-order valence-electron chi connectivity index (χ4n) is 3.22. The molecule has 168 valence electrons. The van der Waals surface area contributed by atoms with Crippen LogP contribution in [0.25, 0.3) is 0 Å². The third-order valence-corrected chi connectivity index (χ3v) is 5.43. The van der Waals surface area contributed by atoms with Crippen molar-refractivity contribution in [3.63, 3.8) is 0 Å². The number of carbonyl (C=O) groups is 2. The minimum absolute atomic E-state index is 0.121. The van der Waals surface area contributed by atoms with Gasteiger partial charge in [0.05, 0.1) is 0 Å². The lowest BCUT2D eigenvalue weighted by molar-refractivity contribution is -0.142. The van der Waals surface area contributed by atoms with Crippen LogP contribution in [0, 0.1) is 0 Å². The van der Waals surface area contributed by atoms with E-state index in [9.17, 15) is 9.59 Å². The summed E-state index contributed by atoms with van der Waals surface area (Å²) in [6, 6.07) is 14.4. The Kier molecular flexibility index (Phi) is 8.93. The molecule has 2 rings (SSSR count). The standard InChI is InChI=1S/C25H33ClN2O3/c1-6-15-27-24(30)18(2)28(16-19-11-7-9-13-21(19)26)23(29)17-31-22-14-10-8-12-20(22)25(3,4)5/h7-14,18H,6,15-17H2,1-5H3,(H,27,30). The molecule has 0 aromatic heterocycles. The summed E-state index contributed by atoms with van der Waals surface area (Å²) in [5.41, 5.74) is 1.68. The van der Waals surface area contributed by atoms with Crippen molar-refractivity contribution in [1.82, 2.24) is 10.2 Å². The van der Waals surface area contributed by atoms with Gasteiger partial charge in [0.1, 0.15) is 11.8 Å². The van der Waals surface area contributed by atoms with Gasteiger partial charge >= 0.3 is 0 Å². The number of benzene rings is 2. The number of halogens is 1. The maximum atomic E-state index is 13.2. The van der Waals surface area contributed by atoms with Crippen LogP contribution in [0.1, 0.15) is 52.2 Å². The molecule has 2 amide bonds. The zero-order chi connectivity index (χ0) is 23.0. The van der Waals surface area contributed by atoms with E-state index in [1.165, 1.54) is 4.90 Å². The van der Waals surface area contributed by atoms with E-state index in [2.05, 4.69) is 26.1 Å². The van der Waals surface area contributed by atoms with Crippen molar-refractivity contribution in [3.8, 4) is 5.75 Å². The number of rotatable bonds is 9. The topological polar surface area (TPSA) is 58.6 Å². The monoisotopic (exact) mass is 444 g/mol. The van der Waals surface area contributed by atoms with Crippen molar-refractivity contribution in [2.75, 3.05) is 13.2 Å². The second-order valence-corrected chi connectivity index (χ2v) is 9.02. The van der Waals surface area contributed by atoms with Gasteiger partial charge in [0.15, 0.2) is 6.61 Å². The molecule has 0 aliphatic heterocycles. The maximum absolute atomic E-state index is 13.2. The van der Waals surface area contributed by atoms with Crippen LogP contribution >= 0.6 is 11.6 Å². The third-order valence-electron chi connectivity index (χ3n) is 5.06. The molecule has 0 radical (unpaired) electrons. The van der Waals surface area contributed by atoms with Crippen LogP contribution in [-0.4, -0.2) is 35.9 Å². The highest BCUT2D eigenvalue weighted by Crippen LogP contribution is 2.31. The molecule has 0 heterocycles. The predicted molar refractivity (Wildman–Crippen MR) is 125 cm³/mol. The van der Waals surface area contributed by atoms with Crippen molar-refractivity contribution in [3.05, 3.63) is 64.7 Å². The van der Waals surface area contributed by atoms with Crippen LogP contribution in [0.5, 0.6) is 5.75 Å². The molecular formula is C25H33ClN2O3. The summed E-state index contributed by atoms with van der Waals surface area (Å²) in [5.74, 6) is 0.198. The molecule has 2 aromatic rings. The number of nitrogens with zero attached hydrogens (tertiary/aromatic N) is 1. The minimum Gasteiger partial charge on any atom is -0.483 e. The summed E-state index contributed by atoms with van der Waals surface area (Å²) in [6.45, 7) is 10.6. The molecule has 0 aliphatic carbocycles. The summed E-state index contributed by atoms with van der Waals surface area (Å²) < 4.78 is 5.93. The van der Waals surface area contributed by atoms with E-state index >= 15 is 0 Å². The van der Waals surface area contributed by atoms with Gasteiger partial charge in [0.25, 0.3) is 5.91 Å². The average molecular weight is 445 g/mol. The Morgan fingerprint density at radius 2 is 1.74 bits per heavy atom. The molecule has 5 nitrogen and oxygen atoms in total. The van der Waals surface area contributed by atoms with E-state index in [1.807, 2.05) is 49.4 Å². The van der Waals surface area contributed by atoms with E-state index in [0.29, 0.717) is 17.3 Å². The molecule has 6 heteroatoms. The summed E-state index contributed by atoms with van der Waals surface area (Å²) in [5, 5.41) is 3.42. The molecule has 1 unspecified atom stereocenters. The quantitative estimate of drug-likeness (QED) is 0.594. The van der Waals surface area contributed by atoms with Gasteiger partial charge in [-0.15, -0.1) is 0 Å². The molecule has 1 atom stereocenters. The van der Waals surface area contributed by atoms with E-state index < -0.39 is 6.04 Å². The molecule has 31 heavy (non-hydrogen) atoms. The molecule has 0 bridgehead atoms. The number of hydrogen-bond donors (Lipinski definition) is 1. The molecule has 1 N–H and O–H groups in total. The van der Waals surface area contributed by atoms with Gasteiger partial charge < -0.3 is 15.0 Å². The van der Waals surface area contributed by atoms with Gasteiger partial charge in [0.2, 0.25) is 5.91 Å². The zero-order valence-corrected chi connectivity index (χ0v) is 19.8. The van der Waals surface area contributed by atoms with Crippen molar-refractivity contribution in [2.24, 2.45) is 0 Å². The van der Waals surface area contributed by atoms with Crippen LogP contribution < -0.4 is 10.1 Å².